The lowest BCUT2D eigenvalue weighted by molar-refractivity contribution is -0.120. The topological polar surface area (TPSA) is 46.9 Å². The van der Waals surface area contributed by atoms with Crippen LogP contribution in [0.4, 0.5) is 4.39 Å². The third kappa shape index (κ3) is 4.49. The van der Waals surface area contributed by atoms with Gasteiger partial charge in [0, 0.05) is 17.8 Å². The van der Waals surface area contributed by atoms with Gasteiger partial charge in [-0.05, 0) is 49.7 Å². The lowest BCUT2D eigenvalue weighted by Crippen LogP contribution is -2.25. The van der Waals surface area contributed by atoms with Gasteiger partial charge in [0.15, 0.2) is 0 Å². The summed E-state index contributed by atoms with van der Waals surface area (Å²) in [5.74, 6) is -0.476. The number of amides is 1. The lowest BCUT2D eigenvalue weighted by Gasteiger charge is -2.08. The van der Waals surface area contributed by atoms with Gasteiger partial charge in [-0.25, -0.2) is 9.07 Å². The second-order valence-electron chi connectivity index (χ2n) is 6.24. The summed E-state index contributed by atoms with van der Waals surface area (Å²) in [6.45, 7) is 4.03. The van der Waals surface area contributed by atoms with Crippen LogP contribution in [0.1, 0.15) is 22.5 Å². The van der Waals surface area contributed by atoms with Crippen LogP contribution in [-0.4, -0.2) is 15.7 Å². The van der Waals surface area contributed by atoms with E-state index in [1.54, 1.807) is 28.9 Å². The predicted octanol–water partition coefficient (Wildman–Crippen LogP) is 4.79. The first kappa shape index (κ1) is 19.4. The lowest BCUT2D eigenvalue weighted by atomic mass is 10.1. The van der Waals surface area contributed by atoms with Crippen molar-refractivity contribution in [2.75, 3.05) is 0 Å². The highest BCUT2D eigenvalue weighted by molar-refractivity contribution is 6.42. The quantitative estimate of drug-likeness (QED) is 0.662. The van der Waals surface area contributed by atoms with Gasteiger partial charge in [0.1, 0.15) is 5.82 Å². The van der Waals surface area contributed by atoms with Crippen molar-refractivity contribution in [3.05, 3.63) is 80.8 Å². The Hall–Kier alpha value is -2.37. The summed E-state index contributed by atoms with van der Waals surface area (Å²) in [6, 6.07) is 11.4. The van der Waals surface area contributed by atoms with E-state index in [0.29, 0.717) is 15.6 Å². The number of hydrogen-bond donors (Lipinski definition) is 1. The zero-order chi connectivity index (χ0) is 19.6. The van der Waals surface area contributed by atoms with Crippen molar-refractivity contribution in [2.24, 2.45) is 0 Å². The molecule has 1 amide bonds. The molecule has 0 aliphatic rings. The summed E-state index contributed by atoms with van der Waals surface area (Å²) in [5.41, 5.74) is 3.95. The Morgan fingerprint density at radius 2 is 1.93 bits per heavy atom. The maximum absolute atomic E-state index is 13.2. The first-order valence-corrected chi connectivity index (χ1v) is 9.12. The van der Waals surface area contributed by atoms with Crippen molar-refractivity contribution in [2.45, 2.75) is 26.8 Å². The van der Waals surface area contributed by atoms with Gasteiger partial charge in [0.05, 0.1) is 27.8 Å². The molecule has 140 valence electrons. The Kier molecular flexibility index (Phi) is 5.82. The van der Waals surface area contributed by atoms with Crippen LogP contribution in [0.25, 0.3) is 5.69 Å². The van der Waals surface area contributed by atoms with E-state index in [-0.39, 0.29) is 24.7 Å². The number of carbonyl (C=O) groups excluding carboxylic acids is 1. The highest BCUT2D eigenvalue weighted by Gasteiger charge is 2.16. The first-order valence-electron chi connectivity index (χ1n) is 8.37. The van der Waals surface area contributed by atoms with Crippen LogP contribution in [0.3, 0.4) is 0 Å². The van der Waals surface area contributed by atoms with E-state index in [4.69, 9.17) is 23.2 Å². The molecule has 3 aromatic rings. The molecule has 7 heteroatoms. The smallest absolute Gasteiger partial charge is 0.224 e. The highest BCUT2D eigenvalue weighted by atomic mass is 35.5. The van der Waals surface area contributed by atoms with Crippen LogP contribution < -0.4 is 5.32 Å². The molecule has 3 rings (SSSR count). The van der Waals surface area contributed by atoms with Gasteiger partial charge in [-0.15, -0.1) is 0 Å². The van der Waals surface area contributed by atoms with E-state index >= 15 is 0 Å². The summed E-state index contributed by atoms with van der Waals surface area (Å²) in [4.78, 5) is 12.3. The monoisotopic (exact) mass is 405 g/mol. The van der Waals surface area contributed by atoms with Crippen LogP contribution in [0.5, 0.6) is 0 Å². The normalized spacial score (nSPS) is 10.9. The Morgan fingerprint density at radius 3 is 2.63 bits per heavy atom. The Morgan fingerprint density at radius 1 is 1.15 bits per heavy atom. The molecule has 0 atom stereocenters. The number of aryl methyl sites for hydroxylation is 1. The van der Waals surface area contributed by atoms with Gasteiger partial charge in [-0.2, -0.15) is 5.10 Å². The van der Waals surface area contributed by atoms with Crippen LogP contribution in [-0.2, 0) is 17.8 Å². The van der Waals surface area contributed by atoms with E-state index in [1.807, 2.05) is 19.9 Å². The maximum Gasteiger partial charge on any atom is 0.224 e. The van der Waals surface area contributed by atoms with Gasteiger partial charge in [0.2, 0.25) is 5.91 Å². The number of nitrogens with zero attached hydrogens (tertiary/aromatic N) is 2. The zero-order valence-electron chi connectivity index (χ0n) is 14.9. The van der Waals surface area contributed by atoms with Gasteiger partial charge >= 0.3 is 0 Å². The molecule has 2 aromatic carbocycles. The Balaban J connectivity index is 1.74. The predicted molar refractivity (Wildman–Crippen MR) is 105 cm³/mol. The summed E-state index contributed by atoms with van der Waals surface area (Å²) < 4.78 is 15.0. The van der Waals surface area contributed by atoms with Crippen molar-refractivity contribution < 1.29 is 9.18 Å². The average Bonchev–Trinajstić information content (AvgIpc) is 2.90. The molecule has 0 fully saturated rings. The van der Waals surface area contributed by atoms with E-state index in [1.165, 1.54) is 12.1 Å². The molecule has 0 bridgehead atoms. The fourth-order valence-corrected chi connectivity index (χ4v) is 3.16. The second kappa shape index (κ2) is 8.11. The molecule has 0 aliphatic carbocycles. The third-order valence-corrected chi connectivity index (χ3v) is 5.04. The molecule has 0 saturated carbocycles. The molecule has 4 nitrogen and oxygen atoms in total. The van der Waals surface area contributed by atoms with E-state index in [0.717, 1.165) is 22.6 Å². The summed E-state index contributed by atoms with van der Waals surface area (Å²) in [6.07, 6.45) is 0.189. The first-order chi connectivity index (χ1) is 12.8. The highest BCUT2D eigenvalue weighted by Crippen LogP contribution is 2.26. The number of halogens is 3. The van der Waals surface area contributed by atoms with E-state index in [2.05, 4.69) is 10.4 Å². The van der Waals surface area contributed by atoms with Crippen molar-refractivity contribution in [1.29, 1.82) is 0 Å². The molecular weight excluding hydrogens is 388 g/mol. The van der Waals surface area contributed by atoms with Crippen molar-refractivity contribution in [1.82, 2.24) is 15.1 Å². The van der Waals surface area contributed by atoms with Crippen molar-refractivity contribution in [3.8, 4) is 5.69 Å². The Labute approximate surface area is 166 Å². The van der Waals surface area contributed by atoms with Crippen LogP contribution >= 0.6 is 23.2 Å². The second-order valence-corrected chi connectivity index (χ2v) is 7.06. The number of rotatable bonds is 5. The van der Waals surface area contributed by atoms with Crippen molar-refractivity contribution >= 4 is 29.1 Å². The van der Waals surface area contributed by atoms with Gasteiger partial charge in [0.25, 0.3) is 0 Å². The summed E-state index contributed by atoms with van der Waals surface area (Å²) in [7, 11) is 0. The van der Waals surface area contributed by atoms with Crippen LogP contribution in [0, 0.1) is 19.7 Å². The van der Waals surface area contributed by atoms with Crippen LogP contribution in [0.2, 0.25) is 10.0 Å². The minimum absolute atomic E-state index is 0.154. The number of carbonyl (C=O) groups is 1. The van der Waals surface area contributed by atoms with Crippen LogP contribution in [0.15, 0.2) is 42.5 Å². The minimum Gasteiger partial charge on any atom is -0.352 e. The molecule has 0 aliphatic heterocycles. The molecule has 27 heavy (non-hydrogen) atoms. The minimum atomic E-state index is -0.323. The zero-order valence-corrected chi connectivity index (χ0v) is 16.4. The number of benzene rings is 2. The third-order valence-electron chi connectivity index (χ3n) is 4.30. The average molecular weight is 406 g/mol. The number of hydrogen-bond acceptors (Lipinski definition) is 2. The Bertz CT molecular complexity index is 1000. The largest absolute Gasteiger partial charge is 0.352 e. The molecule has 1 aromatic heterocycles. The van der Waals surface area contributed by atoms with Gasteiger partial charge in [-0.1, -0.05) is 35.3 Å². The molecule has 0 spiro atoms. The standard InChI is InChI=1S/C20H18Cl2FN3O/c1-12-17(10-20(27)24-11-14-4-3-5-15(23)8-14)13(2)26(25-12)16-6-7-18(21)19(22)9-16/h3-9H,10-11H2,1-2H3,(H,24,27). The van der Waals surface area contributed by atoms with Gasteiger partial charge in [-0.3, -0.25) is 4.79 Å². The number of aromatic nitrogens is 2. The van der Waals surface area contributed by atoms with Crippen molar-refractivity contribution in [3.63, 3.8) is 0 Å². The molecule has 1 heterocycles. The molecular formula is C20H18Cl2FN3O. The molecule has 0 radical (unpaired) electrons. The van der Waals surface area contributed by atoms with E-state index < -0.39 is 0 Å². The molecule has 1 N–H and O–H groups in total. The van der Waals surface area contributed by atoms with Gasteiger partial charge < -0.3 is 5.32 Å². The fourth-order valence-electron chi connectivity index (χ4n) is 2.87. The molecule has 0 saturated heterocycles. The molecule has 0 unspecified atom stereocenters. The fraction of sp³-hybridized carbons (Fsp3) is 0.200. The number of nitrogens with one attached hydrogen (secondary N) is 1. The van der Waals surface area contributed by atoms with E-state index in [9.17, 15) is 9.18 Å². The maximum atomic E-state index is 13.2. The SMILES string of the molecule is Cc1nn(-c2ccc(Cl)c(Cl)c2)c(C)c1CC(=O)NCc1cccc(F)c1. The summed E-state index contributed by atoms with van der Waals surface area (Å²) >= 11 is 12.1. The summed E-state index contributed by atoms with van der Waals surface area (Å²) in [5, 5.41) is 8.25.